The van der Waals surface area contributed by atoms with Crippen LogP contribution in [0.1, 0.15) is 65.7 Å². The molecule has 0 aromatic rings. The second-order valence-corrected chi connectivity index (χ2v) is 21.7. The van der Waals surface area contributed by atoms with E-state index < -0.39 is 18.4 Å². The SMILES string of the molecule is CCC[CH2][Sn]([CH2]CCC)([CH2]CCC)/[C](Br)=C/CCO. The molecule has 0 amide bonds. The normalized spacial score (nSPS) is 13.0. The molecule has 0 aromatic heterocycles. The van der Waals surface area contributed by atoms with Gasteiger partial charge in [-0.1, -0.05) is 0 Å². The monoisotopic (exact) mass is 440 g/mol. The molecular formula is C16H33BrOSn. The molecule has 0 saturated heterocycles. The first-order chi connectivity index (χ1) is 9.16. The van der Waals surface area contributed by atoms with E-state index in [0.717, 1.165) is 6.42 Å². The van der Waals surface area contributed by atoms with Gasteiger partial charge in [0.25, 0.3) is 0 Å². The van der Waals surface area contributed by atoms with Crippen LogP contribution >= 0.6 is 15.9 Å². The summed E-state index contributed by atoms with van der Waals surface area (Å²) in [6.45, 7) is 7.21. The Bertz CT molecular complexity index is 219. The molecule has 0 aliphatic rings. The molecule has 0 atom stereocenters. The van der Waals surface area contributed by atoms with E-state index in [1.165, 1.54) is 51.8 Å². The van der Waals surface area contributed by atoms with E-state index in [4.69, 9.17) is 5.11 Å². The van der Waals surface area contributed by atoms with Crippen molar-refractivity contribution in [2.45, 2.75) is 79.0 Å². The average Bonchev–Trinajstić information content (AvgIpc) is 2.44. The van der Waals surface area contributed by atoms with Crippen LogP contribution in [-0.4, -0.2) is 30.1 Å². The molecule has 0 bridgehead atoms. The summed E-state index contributed by atoms with van der Waals surface area (Å²) in [6.07, 6.45) is 11.3. The Morgan fingerprint density at radius 1 is 0.947 bits per heavy atom. The van der Waals surface area contributed by atoms with Gasteiger partial charge in [-0.25, -0.2) is 0 Å². The van der Waals surface area contributed by atoms with Crippen molar-refractivity contribution < 1.29 is 5.11 Å². The molecule has 0 aromatic carbocycles. The molecule has 0 saturated carbocycles. The third-order valence-corrected chi connectivity index (χ3v) is 24.6. The van der Waals surface area contributed by atoms with Crippen LogP contribution < -0.4 is 0 Å². The van der Waals surface area contributed by atoms with E-state index in [-0.39, 0.29) is 6.61 Å². The number of aliphatic hydroxyl groups is 1. The number of aliphatic hydroxyl groups excluding tert-OH is 1. The van der Waals surface area contributed by atoms with Crippen molar-refractivity contribution in [3.05, 3.63) is 8.57 Å². The summed E-state index contributed by atoms with van der Waals surface area (Å²) in [6, 6.07) is 0. The van der Waals surface area contributed by atoms with Gasteiger partial charge >= 0.3 is 134 Å². The van der Waals surface area contributed by atoms with Crippen molar-refractivity contribution in [1.29, 1.82) is 0 Å². The van der Waals surface area contributed by atoms with Gasteiger partial charge in [0.05, 0.1) is 0 Å². The summed E-state index contributed by atoms with van der Waals surface area (Å²) < 4.78 is 6.04. The fourth-order valence-electron chi connectivity index (χ4n) is 2.69. The van der Waals surface area contributed by atoms with Gasteiger partial charge in [0.15, 0.2) is 0 Å². The number of rotatable bonds is 12. The standard InChI is InChI=1S/C4H6BrO.3C4H9.Sn/c5-3-1-2-4-6;3*1-3-4-2;/h1,6H,2,4H2;3*1,3-4H2,2H3;. The van der Waals surface area contributed by atoms with Gasteiger partial charge in [0.1, 0.15) is 0 Å². The van der Waals surface area contributed by atoms with Crippen molar-refractivity contribution in [3.8, 4) is 0 Å². The van der Waals surface area contributed by atoms with Crippen molar-refractivity contribution >= 4 is 34.3 Å². The molecule has 114 valence electrons. The topological polar surface area (TPSA) is 20.2 Å². The summed E-state index contributed by atoms with van der Waals surface area (Å²) in [5.41, 5.74) is 0. The summed E-state index contributed by atoms with van der Waals surface area (Å²) in [5, 5.41) is 9.07. The van der Waals surface area contributed by atoms with Crippen molar-refractivity contribution in [1.82, 2.24) is 0 Å². The molecule has 0 unspecified atom stereocenters. The molecule has 0 radical (unpaired) electrons. The zero-order valence-corrected chi connectivity index (χ0v) is 17.6. The summed E-state index contributed by atoms with van der Waals surface area (Å²) in [5.74, 6) is 0. The molecule has 0 fully saturated rings. The molecule has 0 aliphatic heterocycles. The fraction of sp³-hybridized carbons (Fsp3) is 0.875. The van der Waals surface area contributed by atoms with E-state index in [1.54, 1.807) is 2.50 Å². The molecule has 1 N–H and O–H groups in total. The Morgan fingerprint density at radius 3 is 1.68 bits per heavy atom. The van der Waals surface area contributed by atoms with Crippen LogP contribution in [-0.2, 0) is 0 Å². The van der Waals surface area contributed by atoms with Gasteiger partial charge in [-0.15, -0.1) is 0 Å². The molecule has 0 heterocycles. The first kappa shape index (κ1) is 20.0. The number of unbranched alkanes of at least 4 members (excludes halogenated alkanes) is 3. The van der Waals surface area contributed by atoms with E-state index in [0.29, 0.717) is 0 Å². The summed E-state index contributed by atoms with van der Waals surface area (Å²) in [7, 11) is 0. The van der Waals surface area contributed by atoms with Crippen LogP contribution in [0.5, 0.6) is 0 Å². The van der Waals surface area contributed by atoms with E-state index >= 15 is 0 Å². The van der Waals surface area contributed by atoms with E-state index in [9.17, 15) is 0 Å². The van der Waals surface area contributed by atoms with Gasteiger partial charge in [-0.05, 0) is 0 Å². The van der Waals surface area contributed by atoms with E-state index in [2.05, 4.69) is 42.8 Å². The third kappa shape index (κ3) is 8.11. The van der Waals surface area contributed by atoms with Crippen LogP contribution in [0, 0.1) is 0 Å². The first-order valence-electron chi connectivity index (χ1n) is 8.13. The molecule has 0 rings (SSSR count). The third-order valence-electron chi connectivity index (χ3n) is 3.99. The molecule has 19 heavy (non-hydrogen) atoms. The van der Waals surface area contributed by atoms with Crippen molar-refractivity contribution in [3.63, 3.8) is 0 Å². The van der Waals surface area contributed by atoms with Crippen LogP contribution in [0.2, 0.25) is 13.3 Å². The zero-order chi connectivity index (χ0) is 14.6. The molecule has 3 heteroatoms. The zero-order valence-electron chi connectivity index (χ0n) is 13.2. The van der Waals surface area contributed by atoms with Crippen LogP contribution in [0.4, 0.5) is 0 Å². The molecule has 0 aliphatic carbocycles. The van der Waals surface area contributed by atoms with Gasteiger partial charge in [-0.3, -0.25) is 0 Å². The number of hydrogen-bond donors (Lipinski definition) is 1. The Kier molecular flexibility index (Phi) is 13.4. The second-order valence-electron chi connectivity index (χ2n) is 5.66. The predicted octanol–water partition coefficient (Wildman–Crippen LogP) is 6.04. The fourth-order valence-corrected chi connectivity index (χ4v) is 21.6. The minimum atomic E-state index is -2.18. The average molecular weight is 440 g/mol. The predicted molar refractivity (Wildman–Crippen MR) is 93.6 cm³/mol. The molecular weight excluding hydrogens is 407 g/mol. The Labute approximate surface area is 133 Å². The minimum absolute atomic E-state index is 0.284. The number of halogens is 1. The summed E-state index contributed by atoms with van der Waals surface area (Å²) in [4.78, 5) is 0. The van der Waals surface area contributed by atoms with Gasteiger partial charge in [0, 0.05) is 0 Å². The molecule has 1 nitrogen and oxygen atoms in total. The quantitative estimate of drug-likeness (QED) is 0.368. The van der Waals surface area contributed by atoms with E-state index in [1.807, 2.05) is 0 Å². The molecule has 0 spiro atoms. The summed E-state index contributed by atoms with van der Waals surface area (Å²) >= 11 is 1.75. The van der Waals surface area contributed by atoms with Gasteiger partial charge < -0.3 is 0 Å². The van der Waals surface area contributed by atoms with Crippen molar-refractivity contribution in [2.24, 2.45) is 0 Å². The Balaban J connectivity index is 4.95. The van der Waals surface area contributed by atoms with Crippen molar-refractivity contribution in [2.75, 3.05) is 6.61 Å². The maximum absolute atomic E-state index is 9.07. The van der Waals surface area contributed by atoms with Gasteiger partial charge in [-0.2, -0.15) is 0 Å². The van der Waals surface area contributed by atoms with Crippen LogP contribution in [0.25, 0.3) is 0 Å². The maximum atomic E-state index is 9.07. The Morgan fingerprint density at radius 2 is 1.37 bits per heavy atom. The second kappa shape index (κ2) is 12.7. The first-order valence-corrected chi connectivity index (χ1v) is 16.4. The Hall–Kier alpha value is 0.979. The van der Waals surface area contributed by atoms with Crippen LogP contribution in [0.15, 0.2) is 8.57 Å². The number of hydrogen-bond acceptors (Lipinski definition) is 1. The van der Waals surface area contributed by atoms with Crippen LogP contribution in [0.3, 0.4) is 0 Å². The van der Waals surface area contributed by atoms with Gasteiger partial charge in [0.2, 0.25) is 0 Å².